The number of aliphatic hydroxyl groups is 1. The molecule has 1 N–H and O–H groups in total. The summed E-state index contributed by atoms with van der Waals surface area (Å²) in [7, 11) is 0. The normalized spacial score (nSPS) is 12.7. The predicted molar refractivity (Wildman–Crippen MR) is 86.4 cm³/mol. The van der Waals surface area contributed by atoms with Crippen LogP contribution in [-0.2, 0) is 5.60 Å². The molecule has 0 amide bonds. The molecule has 2 aromatic rings. The molecule has 0 fully saturated rings. The minimum atomic E-state index is -1.20. The highest BCUT2D eigenvalue weighted by Gasteiger charge is 2.24. The Kier molecular flexibility index (Phi) is 4.81. The number of hydrogen-bond acceptors (Lipinski definition) is 2. The van der Waals surface area contributed by atoms with Gasteiger partial charge in [0.05, 0.1) is 11.6 Å². The van der Waals surface area contributed by atoms with E-state index in [1.54, 1.807) is 18.2 Å². The fourth-order valence-corrected chi connectivity index (χ4v) is 2.35. The molecule has 0 aliphatic rings. The zero-order chi connectivity index (χ0) is 15.3. The maximum atomic E-state index is 10.7. The van der Waals surface area contributed by atoms with Crippen LogP contribution >= 0.6 is 15.9 Å². The van der Waals surface area contributed by atoms with Gasteiger partial charge in [0.25, 0.3) is 0 Å². The lowest BCUT2D eigenvalue weighted by Gasteiger charge is -2.21. The van der Waals surface area contributed by atoms with Crippen molar-refractivity contribution in [3.8, 4) is 17.9 Å². The van der Waals surface area contributed by atoms with Gasteiger partial charge in [0.15, 0.2) is 5.60 Å². The number of benzene rings is 2. The van der Waals surface area contributed by atoms with Crippen LogP contribution in [0.1, 0.15) is 30.0 Å². The fraction of sp³-hybridized carbons (Fsp3) is 0.167. The van der Waals surface area contributed by atoms with E-state index >= 15 is 0 Å². The van der Waals surface area contributed by atoms with Gasteiger partial charge in [-0.05, 0) is 42.3 Å². The number of nitriles is 1. The number of rotatable bonds is 2. The first kappa shape index (κ1) is 15.3. The molecule has 0 aliphatic carbocycles. The molecule has 0 heterocycles. The molecule has 1 unspecified atom stereocenters. The van der Waals surface area contributed by atoms with Crippen LogP contribution in [0, 0.1) is 23.2 Å². The summed E-state index contributed by atoms with van der Waals surface area (Å²) >= 11 is 3.40. The summed E-state index contributed by atoms with van der Waals surface area (Å²) in [6, 6.07) is 16.6. The molecule has 3 heteroatoms. The second-order valence-corrected chi connectivity index (χ2v) is 5.58. The molecule has 21 heavy (non-hydrogen) atoms. The van der Waals surface area contributed by atoms with Crippen molar-refractivity contribution in [3.05, 3.63) is 69.7 Å². The third kappa shape index (κ3) is 3.73. The van der Waals surface area contributed by atoms with E-state index in [9.17, 15) is 5.11 Å². The molecular weight excluding hydrogens is 326 g/mol. The Morgan fingerprint density at radius 1 is 1.14 bits per heavy atom. The van der Waals surface area contributed by atoms with Crippen molar-refractivity contribution in [1.82, 2.24) is 0 Å². The van der Waals surface area contributed by atoms with Gasteiger partial charge in [-0.25, -0.2) is 0 Å². The van der Waals surface area contributed by atoms with Gasteiger partial charge in [-0.3, -0.25) is 0 Å². The molecule has 2 aromatic carbocycles. The Balaban J connectivity index is 2.39. The maximum absolute atomic E-state index is 10.7. The van der Waals surface area contributed by atoms with Gasteiger partial charge in [0.1, 0.15) is 0 Å². The Morgan fingerprint density at radius 3 is 2.52 bits per heavy atom. The van der Waals surface area contributed by atoms with Gasteiger partial charge < -0.3 is 5.11 Å². The van der Waals surface area contributed by atoms with Crippen LogP contribution in [0.4, 0.5) is 0 Å². The minimum absolute atomic E-state index is 0.481. The molecule has 0 aliphatic heterocycles. The van der Waals surface area contributed by atoms with Gasteiger partial charge in [0.2, 0.25) is 0 Å². The molecule has 0 bridgehead atoms. The molecule has 0 spiro atoms. The number of nitrogens with zero attached hydrogens (tertiary/aromatic N) is 1. The fourth-order valence-electron chi connectivity index (χ4n) is 1.95. The summed E-state index contributed by atoms with van der Waals surface area (Å²) in [5.74, 6) is 5.89. The van der Waals surface area contributed by atoms with Crippen molar-refractivity contribution in [2.45, 2.75) is 18.9 Å². The van der Waals surface area contributed by atoms with Crippen molar-refractivity contribution in [1.29, 1.82) is 5.26 Å². The van der Waals surface area contributed by atoms with Gasteiger partial charge in [-0.15, -0.1) is 0 Å². The van der Waals surface area contributed by atoms with Gasteiger partial charge in [-0.2, -0.15) is 5.26 Å². The van der Waals surface area contributed by atoms with E-state index < -0.39 is 5.60 Å². The highest BCUT2D eigenvalue weighted by Crippen LogP contribution is 2.26. The topological polar surface area (TPSA) is 44.0 Å². The molecule has 2 rings (SSSR count). The van der Waals surface area contributed by atoms with Crippen molar-refractivity contribution >= 4 is 15.9 Å². The average Bonchev–Trinajstić information content (AvgIpc) is 2.53. The third-order valence-corrected chi connectivity index (χ3v) is 3.71. The van der Waals surface area contributed by atoms with Gasteiger partial charge in [-0.1, -0.05) is 52.9 Å². The average molecular weight is 340 g/mol. The molecule has 0 saturated carbocycles. The molecule has 2 nitrogen and oxygen atoms in total. The Hall–Kier alpha value is -2.07. The molecule has 0 radical (unpaired) electrons. The van der Waals surface area contributed by atoms with Crippen LogP contribution in [0.25, 0.3) is 0 Å². The molecule has 0 aromatic heterocycles. The number of hydrogen-bond donors (Lipinski definition) is 1. The highest BCUT2D eigenvalue weighted by molar-refractivity contribution is 9.10. The molecular formula is C18H14BrNO. The lowest BCUT2D eigenvalue weighted by Crippen LogP contribution is -2.22. The van der Waals surface area contributed by atoms with Crippen molar-refractivity contribution in [2.24, 2.45) is 0 Å². The lowest BCUT2D eigenvalue weighted by molar-refractivity contribution is 0.0959. The van der Waals surface area contributed by atoms with E-state index in [2.05, 4.69) is 33.8 Å². The molecule has 0 saturated heterocycles. The van der Waals surface area contributed by atoms with Crippen molar-refractivity contribution in [3.63, 3.8) is 0 Å². The van der Waals surface area contributed by atoms with E-state index in [-0.39, 0.29) is 0 Å². The maximum Gasteiger partial charge on any atom is 0.151 e. The van der Waals surface area contributed by atoms with E-state index in [0.29, 0.717) is 12.0 Å². The van der Waals surface area contributed by atoms with Crippen LogP contribution < -0.4 is 0 Å². The van der Waals surface area contributed by atoms with Gasteiger partial charge >= 0.3 is 0 Å². The lowest BCUT2D eigenvalue weighted by atomic mass is 9.91. The predicted octanol–water partition coefficient (Wildman–Crippen LogP) is 3.97. The Labute approximate surface area is 133 Å². The van der Waals surface area contributed by atoms with E-state index in [1.165, 1.54) is 0 Å². The zero-order valence-electron chi connectivity index (χ0n) is 11.6. The summed E-state index contributed by atoms with van der Waals surface area (Å²) < 4.78 is 0.903. The van der Waals surface area contributed by atoms with Crippen LogP contribution in [0.15, 0.2) is 53.0 Å². The first-order valence-corrected chi connectivity index (χ1v) is 7.38. The van der Waals surface area contributed by atoms with Crippen molar-refractivity contribution < 1.29 is 5.11 Å². The summed E-state index contributed by atoms with van der Waals surface area (Å²) in [6.07, 6.45) is 0.481. The molecule has 104 valence electrons. The van der Waals surface area contributed by atoms with Crippen LogP contribution in [0.3, 0.4) is 0 Å². The Bertz CT molecular complexity index is 752. The smallest absolute Gasteiger partial charge is 0.151 e. The summed E-state index contributed by atoms with van der Waals surface area (Å²) in [6.45, 7) is 1.89. The third-order valence-electron chi connectivity index (χ3n) is 3.22. The van der Waals surface area contributed by atoms with Crippen LogP contribution in [-0.4, -0.2) is 5.11 Å². The summed E-state index contributed by atoms with van der Waals surface area (Å²) in [5, 5.41) is 19.6. The zero-order valence-corrected chi connectivity index (χ0v) is 13.2. The first-order chi connectivity index (χ1) is 10.1. The Morgan fingerprint density at radius 2 is 1.86 bits per heavy atom. The second-order valence-electron chi connectivity index (χ2n) is 4.67. The van der Waals surface area contributed by atoms with Crippen LogP contribution in [0.5, 0.6) is 0 Å². The highest BCUT2D eigenvalue weighted by atomic mass is 79.9. The van der Waals surface area contributed by atoms with E-state index in [4.69, 9.17) is 5.26 Å². The monoisotopic (exact) mass is 339 g/mol. The van der Waals surface area contributed by atoms with Gasteiger partial charge in [0, 0.05) is 10.0 Å². The largest absolute Gasteiger partial charge is 0.373 e. The minimum Gasteiger partial charge on any atom is -0.373 e. The summed E-state index contributed by atoms with van der Waals surface area (Å²) in [4.78, 5) is 0. The number of halogens is 1. The second kappa shape index (κ2) is 6.59. The summed E-state index contributed by atoms with van der Waals surface area (Å²) in [5.41, 5.74) is 0.829. The molecule has 1 atom stereocenters. The van der Waals surface area contributed by atoms with Crippen molar-refractivity contribution in [2.75, 3.05) is 0 Å². The van der Waals surface area contributed by atoms with E-state index in [1.807, 2.05) is 37.3 Å². The van der Waals surface area contributed by atoms with E-state index in [0.717, 1.165) is 15.6 Å². The van der Waals surface area contributed by atoms with Crippen LogP contribution in [0.2, 0.25) is 0 Å². The quantitative estimate of drug-likeness (QED) is 0.841. The SMILES string of the molecule is CCC(O)(C#Cc1cccc(C#N)c1)c1cccc(Br)c1. The standard InChI is InChI=1S/C18H14BrNO/c1-2-18(21,16-7-4-8-17(19)12-16)10-9-14-5-3-6-15(11-14)13-20/h3-8,11-12,21H,2H2,1H3. The first-order valence-electron chi connectivity index (χ1n) is 6.59.